The van der Waals surface area contributed by atoms with Crippen molar-refractivity contribution in [3.05, 3.63) is 58.7 Å². The van der Waals surface area contributed by atoms with E-state index in [0.29, 0.717) is 18.8 Å². The third kappa shape index (κ3) is 4.97. The van der Waals surface area contributed by atoms with Crippen LogP contribution in [0.2, 0.25) is 0 Å². The molecule has 1 N–H and O–H groups in total. The van der Waals surface area contributed by atoms with Gasteiger partial charge in [0, 0.05) is 25.6 Å². The Labute approximate surface area is 173 Å². The molecule has 0 radical (unpaired) electrons. The number of carbonyl (C=O) groups excluding carboxylic acids is 2. The van der Waals surface area contributed by atoms with Crippen LogP contribution in [0.15, 0.2) is 36.4 Å². The molecule has 1 fully saturated rings. The van der Waals surface area contributed by atoms with Gasteiger partial charge in [0.2, 0.25) is 5.91 Å². The summed E-state index contributed by atoms with van der Waals surface area (Å²) in [6, 6.07) is 12.3. The first-order valence-corrected chi connectivity index (χ1v) is 10.3. The summed E-state index contributed by atoms with van der Waals surface area (Å²) in [6.07, 6.45) is 0.891. The molecule has 0 aromatic heterocycles. The Morgan fingerprint density at radius 1 is 1.00 bits per heavy atom. The van der Waals surface area contributed by atoms with Gasteiger partial charge in [0.05, 0.1) is 11.4 Å². The predicted octanol–water partition coefficient (Wildman–Crippen LogP) is 5.04. The average Bonchev–Trinajstić information content (AvgIpc) is 2.63. The third-order valence-electron chi connectivity index (χ3n) is 5.19. The summed E-state index contributed by atoms with van der Waals surface area (Å²) in [6.45, 7) is 11.9. The largest absolute Gasteiger partial charge is 0.324 e. The zero-order valence-corrected chi connectivity index (χ0v) is 18.1. The van der Waals surface area contributed by atoms with E-state index in [1.165, 1.54) is 11.1 Å². The Hall–Kier alpha value is -2.82. The van der Waals surface area contributed by atoms with Crippen LogP contribution in [-0.2, 0) is 11.3 Å². The molecule has 29 heavy (non-hydrogen) atoms. The zero-order valence-electron chi connectivity index (χ0n) is 18.1. The lowest BCUT2D eigenvalue weighted by molar-refractivity contribution is -0.118. The number of benzene rings is 2. The van der Waals surface area contributed by atoms with Crippen molar-refractivity contribution >= 4 is 23.3 Å². The van der Waals surface area contributed by atoms with Gasteiger partial charge in [-0.3, -0.25) is 9.69 Å². The zero-order chi connectivity index (χ0) is 21.1. The molecule has 0 unspecified atom stereocenters. The molecule has 0 aliphatic carbocycles. The summed E-state index contributed by atoms with van der Waals surface area (Å²) in [7, 11) is 0. The molecule has 1 heterocycles. The summed E-state index contributed by atoms with van der Waals surface area (Å²) in [5, 5.41) is 3.00. The van der Waals surface area contributed by atoms with Crippen LogP contribution in [0.3, 0.4) is 0 Å². The van der Waals surface area contributed by atoms with Gasteiger partial charge >= 0.3 is 6.03 Å². The minimum absolute atomic E-state index is 0.0145. The third-order valence-corrected chi connectivity index (χ3v) is 5.19. The van der Waals surface area contributed by atoms with Gasteiger partial charge in [-0.15, -0.1) is 0 Å². The van der Waals surface area contributed by atoms with Gasteiger partial charge in [0.15, 0.2) is 0 Å². The van der Waals surface area contributed by atoms with Crippen molar-refractivity contribution in [3.63, 3.8) is 0 Å². The lowest BCUT2D eigenvalue weighted by atomic mass is 10.1. The van der Waals surface area contributed by atoms with Crippen LogP contribution in [0.4, 0.5) is 16.2 Å². The Morgan fingerprint density at radius 3 is 2.34 bits per heavy atom. The van der Waals surface area contributed by atoms with Crippen molar-refractivity contribution in [3.8, 4) is 0 Å². The number of carbonyl (C=O) groups is 2. The second kappa shape index (κ2) is 8.68. The lowest BCUT2D eigenvalue weighted by Crippen LogP contribution is -2.49. The fourth-order valence-electron chi connectivity index (χ4n) is 3.79. The number of rotatable bonds is 5. The second-order valence-corrected chi connectivity index (χ2v) is 8.37. The topological polar surface area (TPSA) is 52.6 Å². The fourth-order valence-corrected chi connectivity index (χ4v) is 3.79. The molecule has 3 rings (SSSR count). The van der Waals surface area contributed by atoms with Gasteiger partial charge in [0.25, 0.3) is 0 Å². The Balaban J connectivity index is 1.85. The maximum Gasteiger partial charge on any atom is 0.324 e. The molecule has 2 aromatic rings. The van der Waals surface area contributed by atoms with Crippen LogP contribution in [0.25, 0.3) is 0 Å². The van der Waals surface area contributed by atoms with Crippen molar-refractivity contribution in [2.45, 2.75) is 47.6 Å². The summed E-state index contributed by atoms with van der Waals surface area (Å²) in [4.78, 5) is 29.3. The number of amides is 3. The number of hydrogen-bond acceptors (Lipinski definition) is 2. The van der Waals surface area contributed by atoms with E-state index in [9.17, 15) is 9.59 Å². The van der Waals surface area contributed by atoms with Gasteiger partial charge < -0.3 is 10.2 Å². The van der Waals surface area contributed by atoms with Crippen LogP contribution in [0, 0.1) is 26.7 Å². The van der Waals surface area contributed by atoms with E-state index in [4.69, 9.17) is 0 Å². The highest BCUT2D eigenvalue weighted by Gasteiger charge is 2.29. The van der Waals surface area contributed by atoms with Crippen LogP contribution in [0.1, 0.15) is 42.5 Å². The van der Waals surface area contributed by atoms with Crippen molar-refractivity contribution in [2.24, 2.45) is 5.92 Å². The maximum absolute atomic E-state index is 13.3. The Morgan fingerprint density at radius 2 is 1.69 bits per heavy atom. The van der Waals surface area contributed by atoms with Crippen LogP contribution < -0.4 is 10.2 Å². The molecule has 5 nitrogen and oxygen atoms in total. The molecule has 1 saturated heterocycles. The summed E-state index contributed by atoms with van der Waals surface area (Å²) in [5.41, 5.74) is 6.07. The van der Waals surface area contributed by atoms with Gasteiger partial charge in [-0.25, -0.2) is 4.79 Å². The molecular weight excluding hydrogens is 362 g/mol. The van der Waals surface area contributed by atoms with Crippen LogP contribution in [0.5, 0.6) is 0 Å². The molecule has 1 aliphatic rings. The quantitative estimate of drug-likeness (QED) is 0.774. The minimum Gasteiger partial charge on any atom is -0.324 e. The van der Waals surface area contributed by atoms with Crippen molar-refractivity contribution in [2.75, 3.05) is 23.3 Å². The van der Waals surface area contributed by atoms with E-state index in [-0.39, 0.29) is 17.9 Å². The normalized spacial score (nSPS) is 14.5. The molecule has 5 heteroatoms. The maximum atomic E-state index is 13.3. The number of nitrogens with one attached hydrogen (secondary N) is 1. The first-order valence-electron chi connectivity index (χ1n) is 10.3. The second-order valence-electron chi connectivity index (χ2n) is 8.37. The van der Waals surface area contributed by atoms with Gasteiger partial charge in [-0.05, 0) is 50.5 Å². The Kier molecular flexibility index (Phi) is 6.26. The predicted molar refractivity (Wildman–Crippen MR) is 118 cm³/mol. The highest BCUT2D eigenvalue weighted by molar-refractivity contribution is 6.01. The molecular formula is C24H31N3O2. The smallest absolute Gasteiger partial charge is 0.324 e. The van der Waals surface area contributed by atoms with Crippen molar-refractivity contribution < 1.29 is 9.59 Å². The molecule has 154 valence electrons. The molecule has 2 aromatic carbocycles. The number of anilines is 2. The lowest BCUT2D eigenvalue weighted by Gasteiger charge is -2.36. The van der Waals surface area contributed by atoms with Crippen molar-refractivity contribution in [1.82, 2.24) is 4.90 Å². The highest BCUT2D eigenvalue weighted by Crippen LogP contribution is 2.31. The monoisotopic (exact) mass is 393 g/mol. The van der Waals surface area contributed by atoms with Gasteiger partial charge in [-0.1, -0.05) is 49.2 Å². The molecule has 0 atom stereocenters. The molecule has 0 saturated carbocycles. The van der Waals surface area contributed by atoms with E-state index < -0.39 is 0 Å². The molecule has 1 aliphatic heterocycles. The van der Waals surface area contributed by atoms with E-state index in [2.05, 4.69) is 37.4 Å². The highest BCUT2D eigenvalue weighted by atomic mass is 16.2. The van der Waals surface area contributed by atoms with Crippen LogP contribution >= 0.6 is 0 Å². The molecule has 0 bridgehead atoms. The van der Waals surface area contributed by atoms with E-state index in [1.54, 1.807) is 4.90 Å². The minimum atomic E-state index is -0.124. The first-order chi connectivity index (χ1) is 13.7. The van der Waals surface area contributed by atoms with Crippen LogP contribution in [-0.4, -0.2) is 29.9 Å². The SMILES string of the molecule is Cc1cc(C)cc(CN2CCCN(c3ccc(C)cc3NC(=O)C(C)C)C2=O)c1. The average molecular weight is 394 g/mol. The summed E-state index contributed by atoms with van der Waals surface area (Å²) < 4.78 is 0. The first kappa shape index (κ1) is 20.9. The van der Waals surface area contributed by atoms with E-state index in [1.807, 2.05) is 43.9 Å². The standard InChI is InChI=1S/C24H31N3O2/c1-16(2)23(28)25-21-14-17(3)7-8-22(21)27-10-6-9-26(24(27)29)15-20-12-18(4)11-19(5)13-20/h7-8,11-14,16H,6,9-10,15H2,1-5H3,(H,25,28). The Bertz CT molecular complexity index is 900. The van der Waals surface area contributed by atoms with Gasteiger partial charge in [0.1, 0.15) is 0 Å². The fraction of sp³-hybridized carbons (Fsp3) is 0.417. The van der Waals surface area contributed by atoms with Crippen molar-refractivity contribution in [1.29, 1.82) is 0 Å². The number of hydrogen-bond donors (Lipinski definition) is 1. The molecule has 3 amide bonds. The number of urea groups is 1. The van der Waals surface area contributed by atoms with E-state index >= 15 is 0 Å². The van der Waals surface area contributed by atoms with Gasteiger partial charge in [-0.2, -0.15) is 0 Å². The number of aryl methyl sites for hydroxylation is 3. The summed E-state index contributed by atoms with van der Waals surface area (Å²) in [5.74, 6) is -0.171. The summed E-state index contributed by atoms with van der Waals surface area (Å²) >= 11 is 0. The number of nitrogens with zero attached hydrogens (tertiary/aromatic N) is 2. The van der Waals surface area contributed by atoms with E-state index in [0.717, 1.165) is 29.8 Å². The molecule has 0 spiro atoms.